The number of rotatable bonds is 10. The van der Waals surface area contributed by atoms with Crippen molar-refractivity contribution in [3.05, 3.63) is 102 Å². The summed E-state index contributed by atoms with van der Waals surface area (Å²) in [4.78, 5) is 24.6. The molecule has 160 valence electrons. The van der Waals surface area contributed by atoms with Gasteiger partial charge in [0.2, 0.25) is 0 Å². The summed E-state index contributed by atoms with van der Waals surface area (Å²) in [5, 5.41) is 3.08. The first kappa shape index (κ1) is 22.1. The van der Waals surface area contributed by atoms with Crippen molar-refractivity contribution in [2.75, 3.05) is 19.0 Å². The van der Waals surface area contributed by atoms with Gasteiger partial charge in [0.05, 0.1) is 25.9 Å². The predicted molar refractivity (Wildman–Crippen MR) is 118 cm³/mol. The van der Waals surface area contributed by atoms with Crippen LogP contribution in [-0.2, 0) is 32.2 Å². The van der Waals surface area contributed by atoms with Gasteiger partial charge in [0, 0.05) is 5.69 Å². The fourth-order valence-electron chi connectivity index (χ4n) is 2.92. The number of ether oxygens (including phenoxy) is 3. The molecule has 0 saturated heterocycles. The molecule has 0 aromatic heterocycles. The Bertz CT molecular complexity index is 975. The average Bonchev–Trinajstić information content (AvgIpc) is 2.83. The van der Waals surface area contributed by atoms with Crippen LogP contribution in [0.4, 0.5) is 5.69 Å². The average molecular weight is 419 g/mol. The number of benzene rings is 3. The van der Waals surface area contributed by atoms with Crippen LogP contribution < -0.4 is 5.32 Å². The lowest BCUT2D eigenvalue weighted by Crippen LogP contribution is -2.35. The number of nitrogens with one attached hydrogen (secondary N) is 1. The van der Waals surface area contributed by atoms with Crippen LogP contribution in [0.15, 0.2) is 84.9 Å². The highest BCUT2D eigenvalue weighted by Gasteiger charge is 2.20. The van der Waals surface area contributed by atoms with E-state index >= 15 is 0 Å². The van der Waals surface area contributed by atoms with E-state index in [1.54, 1.807) is 24.3 Å². The zero-order valence-corrected chi connectivity index (χ0v) is 17.3. The molecule has 3 rings (SSSR count). The molecule has 0 radical (unpaired) electrons. The van der Waals surface area contributed by atoms with Crippen molar-refractivity contribution in [2.45, 2.75) is 19.3 Å². The van der Waals surface area contributed by atoms with Crippen LogP contribution in [0.3, 0.4) is 0 Å². The summed E-state index contributed by atoms with van der Waals surface area (Å²) < 4.78 is 15.9. The van der Waals surface area contributed by atoms with E-state index in [4.69, 9.17) is 14.2 Å². The normalized spacial score (nSPS) is 11.4. The minimum absolute atomic E-state index is 0.115. The van der Waals surface area contributed by atoms with Gasteiger partial charge in [-0.05, 0) is 29.3 Å². The molecule has 1 atom stereocenters. The lowest BCUT2D eigenvalue weighted by Gasteiger charge is -2.18. The Morgan fingerprint density at radius 3 is 2.13 bits per heavy atom. The molecule has 0 aliphatic heterocycles. The van der Waals surface area contributed by atoms with Gasteiger partial charge in [-0.3, -0.25) is 0 Å². The maximum Gasteiger partial charge on any atom is 0.338 e. The van der Waals surface area contributed by atoms with E-state index in [0.717, 1.165) is 11.1 Å². The number of esters is 2. The molecule has 3 aromatic rings. The van der Waals surface area contributed by atoms with E-state index in [1.807, 2.05) is 60.7 Å². The van der Waals surface area contributed by atoms with Crippen LogP contribution in [0.5, 0.6) is 0 Å². The quantitative estimate of drug-likeness (QED) is 0.496. The van der Waals surface area contributed by atoms with Crippen LogP contribution in [0.2, 0.25) is 0 Å². The minimum atomic E-state index is -0.718. The summed E-state index contributed by atoms with van der Waals surface area (Å²) in [6.45, 7) is 0.682. The third kappa shape index (κ3) is 6.97. The van der Waals surface area contributed by atoms with Crippen LogP contribution in [0, 0.1) is 0 Å². The molecule has 0 fully saturated rings. The molecule has 0 bridgehead atoms. The third-order valence-electron chi connectivity index (χ3n) is 4.53. The smallest absolute Gasteiger partial charge is 0.338 e. The molecule has 1 N–H and O–H groups in total. The standard InChI is InChI=1S/C25H25NO5/c1-29-25(28)23(18-30-16-19-9-4-2-5-10-19)26-22-14-8-13-21(15-22)24(27)31-17-20-11-6-3-7-12-20/h2-15,23,26H,16-18H2,1H3. The van der Waals surface area contributed by atoms with Gasteiger partial charge in [0.15, 0.2) is 0 Å². The zero-order chi connectivity index (χ0) is 21.9. The molecule has 0 heterocycles. The topological polar surface area (TPSA) is 73.9 Å². The van der Waals surface area contributed by atoms with Crippen molar-refractivity contribution in [3.63, 3.8) is 0 Å². The summed E-state index contributed by atoms with van der Waals surface area (Å²) in [6, 6.07) is 25.2. The van der Waals surface area contributed by atoms with Gasteiger partial charge in [0.25, 0.3) is 0 Å². The largest absolute Gasteiger partial charge is 0.467 e. The Balaban J connectivity index is 1.59. The molecule has 6 heteroatoms. The van der Waals surface area contributed by atoms with Crippen molar-refractivity contribution in [1.82, 2.24) is 0 Å². The second kappa shape index (κ2) is 11.5. The summed E-state index contributed by atoms with van der Waals surface area (Å²) in [6.07, 6.45) is 0. The van der Waals surface area contributed by atoms with Gasteiger partial charge in [-0.1, -0.05) is 66.7 Å². The van der Waals surface area contributed by atoms with Crippen LogP contribution in [0.1, 0.15) is 21.5 Å². The van der Waals surface area contributed by atoms with Gasteiger partial charge in [-0.15, -0.1) is 0 Å². The van der Waals surface area contributed by atoms with Crippen molar-refractivity contribution in [2.24, 2.45) is 0 Å². The van der Waals surface area contributed by atoms with Gasteiger partial charge in [0.1, 0.15) is 12.6 Å². The van der Waals surface area contributed by atoms with E-state index in [-0.39, 0.29) is 13.2 Å². The number of methoxy groups -OCH3 is 1. The predicted octanol–water partition coefficient (Wildman–Crippen LogP) is 4.21. The molecular formula is C25H25NO5. The van der Waals surface area contributed by atoms with Crippen molar-refractivity contribution < 1.29 is 23.8 Å². The molecule has 0 spiro atoms. The third-order valence-corrected chi connectivity index (χ3v) is 4.53. The van der Waals surface area contributed by atoms with Gasteiger partial charge in [-0.25, -0.2) is 9.59 Å². The van der Waals surface area contributed by atoms with Gasteiger partial charge < -0.3 is 19.5 Å². The molecule has 0 amide bonds. The highest BCUT2D eigenvalue weighted by Crippen LogP contribution is 2.15. The number of hydrogen-bond acceptors (Lipinski definition) is 6. The van der Waals surface area contributed by atoms with Crippen LogP contribution >= 0.6 is 0 Å². The highest BCUT2D eigenvalue weighted by molar-refractivity contribution is 5.90. The lowest BCUT2D eigenvalue weighted by molar-refractivity contribution is -0.143. The molecule has 0 saturated carbocycles. The summed E-state index contributed by atoms with van der Waals surface area (Å²) >= 11 is 0. The molecule has 6 nitrogen and oxygen atoms in total. The van der Waals surface area contributed by atoms with Gasteiger partial charge in [-0.2, -0.15) is 0 Å². The monoisotopic (exact) mass is 419 g/mol. The van der Waals surface area contributed by atoms with E-state index in [9.17, 15) is 9.59 Å². The zero-order valence-electron chi connectivity index (χ0n) is 17.3. The maximum atomic E-state index is 12.4. The summed E-state index contributed by atoms with van der Waals surface area (Å²) in [5.41, 5.74) is 2.89. The van der Waals surface area contributed by atoms with Crippen molar-refractivity contribution >= 4 is 17.6 Å². The molecule has 31 heavy (non-hydrogen) atoms. The fraction of sp³-hybridized carbons (Fsp3) is 0.200. The molecule has 3 aromatic carbocycles. The number of hydrogen-bond donors (Lipinski definition) is 1. The second-order valence-electron chi connectivity index (χ2n) is 6.86. The van der Waals surface area contributed by atoms with E-state index in [0.29, 0.717) is 17.9 Å². The first-order valence-corrected chi connectivity index (χ1v) is 9.93. The van der Waals surface area contributed by atoms with E-state index in [2.05, 4.69) is 5.32 Å². The Morgan fingerprint density at radius 2 is 1.48 bits per heavy atom. The van der Waals surface area contributed by atoms with Crippen LogP contribution in [0.25, 0.3) is 0 Å². The van der Waals surface area contributed by atoms with Crippen LogP contribution in [-0.4, -0.2) is 31.7 Å². The number of anilines is 1. The number of carbonyl (C=O) groups excluding carboxylic acids is 2. The molecular weight excluding hydrogens is 394 g/mol. The number of carbonyl (C=O) groups is 2. The summed E-state index contributed by atoms with van der Waals surface area (Å²) in [5.74, 6) is -0.896. The highest BCUT2D eigenvalue weighted by atomic mass is 16.5. The lowest BCUT2D eigenvalue weighted by atomic mass is 10.2. The summed E-state index contributed by atoms with van der Waals surface area (Å²) in [7, 11) is 1.32. The Labute approximate surface area is 181 Å². The maximum absolute atomic E-state index is 12.4. The Hall–Kier alpha value is -3.64. The molecule has 0 aliphatic rings. The SMILES string of the molecule is COC(=O)C(COCc1ccccc1)Nc1cccc(C(=O)OCc2ccccc2)c1. The van der Waals surface area contributed by atoms with Gasteiger partial charge >= 0.3 is 11.9 Å². The first-order valence-electron chi connectivity index (χ1n) is 9.93. The van der Waals surface area contributed by atoms with E-state index < -0.39 is 18.0 Å². The minimum Gasteiger partial charge on any atom is -0.467 e. The Morgan fingerprint density at radius 1 is 0.839 bits per heavy atom. The second-order valence-corrected chi connectivity index (χ2v) is 6.86. The molecule has 0 aliphatic carbocycles. The van der Waals surface area contributed by atoms with Crippen molar-refractivity contribution in [3.8, 4) is 0 Å². The van der Waals surface area contributed by atoms with Crippen molar-refractivity contribution in [1.29, 1.82) is 0 Å². The first-order chi connectivity index (χ1) is 15.2. The molecule has 1 unspecified atom stereocenters. The van der Waals surface area contributed by atoms with E-state index in [1.165, 1.54) is 7.11 Å². The Kier molecular flexibility index (Phi) is 8.20. The fourth-order valence-corrected chi connectivity index (χ4v) is 2.92.